The number of morpholine rings is 1. The van der Waals surface area contributed by atoms with Gasteiger partial charge in [-0.15, -0.1) is 11.3 Å². The van der Waals surface area contributed by atoms with Crippen molar-refractivity contribution in [1.82, 2.24) is 20.2 Å². The van der Waals surface area contributed by atoms with Crippen LogP contribution in [0.5, 0.6) is 0 Å². The maximum atomic E-state index is 12.6. The first-order valence-corrected chi connectivity index (χ1v) is 9.99. The van der Waals surface area contributed by atoms with Gasteiger partial charge in [0, 0.05) is 37.3 Å². The summed E-state index contributed by atoms with van der Waals surface area (Å²) >= 11 is 1.62. The van der Waals surface area contributed by atoms with Gasteiger partial charge < -0.3 is 10.1 Å². The van der Waals surface area contributed by atoms with E-state index >= 15 is 0 Å². The van der Waals surface area contributed by atoms with Crippen molar-refractivity contribution >= 4 is 27.5 Å². The monoisotopic (exact) mass is 382 g/mol. The molecule has 0 saturated carbocycles. The van der Waals surface area contributed by atoms with Gasteiger partial charge in [-0.05, 0) is 30.5 Å². The van der Waals surface area contributed by atoms with Crippen molar-refractivity contribution in [2.24, 2.45) is 0 Å². The van der Waals surface area contributed by atoms with E-state index in [4.69, 9.17) is 4.74 Å². The number of carbonyl (C=O) groups excluding carboxylic acids is 1. The summed E-state index contributed by atoms with van der Waals surface area (Å²) < 4.78 is 6.39. The topological polar surface area (TPSA) is 67.4 Å². The average molecular weight is 382 g/mol. The molecule has 3 heterocycles. The van der Waals surface area contributed by atoms with Gasteiger partial charge in [0.25, 0.3) is 5.91 Å². The highest BCUT2D eigenvalue weighted by atomic mass is 32.1. The molecule has 27 heavy (non-hydrogen) atoms. The van der Waals surface area contributed by atoms with Crippen LogP contribution in [0.4, 0.5) is 0 Å². The Balaban J connectivity index is 1.48. The third-order valence-electron chi connectivity index (χ3n) is 4.63. The second-order valence-corrected chi connectivity index (χ2v) is 7.46. The van der Waals surface area contributed by atoms with Crippen molar-refractivity contribution in [3.63, 3.8) is 0 Å². The van der Waals surface area contributed by atoms with Crippen LogP contribution in [-0.4, -0.2) is 60.2 Å². The van der Waals surface area contributed by atoms with Crippen LogP contribution in [0.25, 0.3) is 21.5 Å². The second kappa shape index (κ2) is 8.12. The standard InChI is InChI=1S/C20H22N4O2S/c1-14-22-17-5-12-27-19(17)18(23-14)15-3-2-4-16(13-15)20(25)21-6-7-24-8-10-26-11-9-24/h2-5,12-13H,6-11H2,1H3,(H,21,25). The van der Waals surface area contributed by atoms with Gasteiger partial charge >= 0.3 is 0 Å². The molecule has 0 aliphatic carbocycles. The number of hydrogen-bond donors (Lipinski definition) is 1. The van der Waals surface area contributed by atoms with Crippen molar-refractivity contribution in [3.8, 4) is 11.3 Å². The Labute approximate surface area is 162 Å². The Morgan fingerprint density at radius 2 is 2.11 bits per heavy atom. The van der Waals surface area contributed by atoms with Gasteiger partial charge in [-0.2, -0.15) is 0 Å². The minimum absolute atomic E-state index is 0.0571. The van der Waals surface area contributed by atoms with Gasteiger partial charge in [0.05, 0.1) is 29.1 Å². The first-order chi connectivity index (χ1) is 13.2. The Bertz CT molecular complexity index is 950. The van der Waals surface area contributed by atoms with Gasteiger partial charge in [0.1, 0.15) is 5.82 Å². The molecule has 1 saturated heterocycles. The van der Waals surface area contributed by atoms with Crippen LogP contribution >= 0.6 is 11.3 Å². The maximum absolute atomic E-state index is 12.6. The summed E-state index contributed by atoms with van der Waals surface area (Å²) in [6.07, 6.45) is 0. The molecular weight excluding hydrogens is 360 g/mol. The van der Waals surface area contributed by atoms with Crippen molar-refractivity contribution < 1.29 is 9.53 Å². The molecule has 1 aliphatic heterocycles. The highest BCUT2D eigenvalue weighted by Crippen LogP contribution is 2.30. The molecular formula is C20H22N4O2S. The zero-order valence-electron chi connectivity index (χ0n) is 15.3. The lowest BCUT2D eigenvalue weighted by molar-refractivity contribution is 0.0383. The molecule has 1 aliphatic rings. The van der Waals surface area contributed by atoms with E-state index in [0.717, 1.165) is 60.1 Å². The van der Waals surface area contributed by atoms with E-state index in [2.05, 4.69) is 20.2 Å². The molecule has 0 bridgehead atoms. The Morgan fingerprint density at radius 3 is 2.96 bits per heavy atom. The van der Waals surface area contributed by atoms with E-state index in [1.807, 2.05) is 42.6 Å². The summed E-state index contributed by atoms with van der Waals surface area (Å²) in [6.45, 7) is 6.75. The lowest BCUT2D eigenvalue weighted by Crippen LogP contribution is -2.41. The fraction of sp³-hybridized carbons (Fsp3) is 0.350. The summed E-state index contributed by atoms with van der Waals surface area (Å²) in [5.74, 6) is 0.676. The van der Waals surface area contributed by atoms with E-state index in [0.29, 0.717) is 12.1 Å². The van der Waals surface area contributed by atoms with Gasteiger partial charge in [0.2, 0.25) is 0 Å². The number of ether oxygens (including phenoxy) is 1. The van der Waals surface area contributed by atoms with E-state index < -0.39 is 0 Å². The summed E-state index contributed by atoms with van der Waals surface area (Å²) in [6, 6.07) is 9.65. The lowest BCUT2D eigenvalue weighted by Gasteiger charge is -2.26. The van der Waals surface area contributed by atoms with Crippen molar-refractivity contribution in [3.05, 3.63) is 47.1 Å². The zero-order valence-corrected chi connectivity index (χ0v) is 16.1. The number of nitrogens with zero attached hydrogens (tertiary/aromatic N) is 3. The van der Waals surface area contributed by atoms with Gasteiger partial charge in [-0.1, -0.05) is 12.1 Å². The molecule has 140 valence electrons. The van der Waals surface area contributed by atoms with E-state index in [1.54, 1.807) is 11.3 Å². The number of amides is 1. The molecule has 0 unspecified atom stereocenters. The first-order valence-electron chi connectivity index (χ1n) is 9.11. The van der Waals surface area contributed by atoms with E-state index in [1.165, 1.54) is 0 Å². The van der Waals surface area contributed by atoms with E-state index in [-0.39, 0.29) is 5.91 Å². The number of rotatable bonds is 5. The molecule has 6 nitrogen and oxygen atoms in total. The van der Waals surface area contributed by atoms with Gasteiger partial charge in [-0.25, -0.2) is 9.97 Å². The van der Waals surface area contributed by atoms with Gasteiger partial charge in [-0.3, -0.25) is 9.69 Å². The third-order valence-corrected chi connectivity index (χ3v) is 5.54. The highest BCUT2D eigenvalue weighted by Gasteiger charge is 2.13. The van der Waals surface area contributed by atoms with Crippen LogP contribution in [-0.2, 0) is 4.74 Å². The first kappa shape index (κ1) is 18.0. The number of thiophene rings is 1. The minimum atomic E-state index is -0.0571. The number of aromatic nitrogens is 2. The van der Waals surface area contributed by atoms with Crippen molar-refractivity contribution in [1.29, 1.82) is 0 Å². The molecule has 3 aromatic rings. The van der Waals surface area contributed by atoms with Crippen LogP contribution in [0.15, 0.2) is 35.7 Å². The minimum Gasteiger partial charge on any atom is -0.379 e. The highest BCUT2D eigenvalue weighted by molar-refractivity contribution is 7.17. The molecule has 1 aromatic carbocycles. The van der Waals surface area contributed by atoms with Crippen LogP contribution in [0.1, 0.15) is 16.2 Å². The number of fused-ring (bicyclic) bond motifs is 1. The second-order valence-electron chi connectivity index (χ2n) is 6.55. The van der Waals surface area contributed by atoms with E-state index in [9.17, 15) is 4.79 Å². The quantitative estimate of drug-likeness (QED) is 0.735. The Kier molecular flexibility index (Phi) is 5.42. The summed E-state index contributed by atoms with van der Waals surface area (Å²) in [5.41, 5.74) is 3.42. The Morgan fingerprint density at radius 1 is 1.26 bits per heavy atom. The third kappa shape index (κ3) is 4.16. The number of hydrogen-bond acceptors (Lipinski definition) is 6. The normalized spacial score (nSPS) is 15.1. The molecule has 1 N–H and O–H groups in total. The average Bonchev–Trinajstić information content (AvgIpc) is 3.16. The molecule has 0 atom stereocenters. The smallest absolute Gasteiger partial charge is 0.251 e. The zero-order chi connectivity index (χ0) is 18.6. The predicted molar refractivity (Wildman–Crippen MR) is 107 cm³/mol. The molecule has 0 radical (unpaired) electrons. The predicted octanol–water partition coefficient (Wildman–Crippen LogP) is 2.73. The fourth-order valence-corrected chi connectivity index (χ4v) is 4.08. The Hall–Kier alpha value is -2.35. The fourth-order valence-electron chi connectivity index (χ4n) is 3.24. The maximum Gasteiger partial charge on any atom is 0.251 e. The summed E-state index contributed by atoms with van der Waals surface area (Å²) in [5, 5.41) is 5.04. The molecule has 4 rings (SSSR count). The number of benzene rings is 1. The molecule has 2 aromatic heterocycles. The van der Waals surface area contributed by atoms with Gasteiger partial charge in [0.15, 0.2) is 0 Å². The lowest BCUT2D eigenvalue weighted by atomic mass is 10.1. The molecule has 0 spiro atoms. The number of aryl methyl sites for hydroxylation is 1. The SMILES string of the molecule is Cc1nc(-c2cccc(C(=O)NCCN3CCOCC3)c2)c2sccc2n1. The summed E-state index contributed by atoms with van der Waals surface area (Å²) in [7, 11) is 0. The molecule has 1 fully saturated rings. The van der Waals surface area contributed by atoms with Crippen LogP contribution < -0.4 is 5.32 Å². The number of nitrogens with one attached hydrogen (secondary N) is 1. The van der Waals surface area contributed by atoms with Crippen LogP contribution in [0.2, 0.25) is 0 Å². The van der Waals surface area contributed by atoms with Crippen LogP contribution in [0.3, 0.4) is 0 Å². The molecule has 7 heteroatoms. The number of carbonyl (C=O) groups is 1. The van der Waals surface area contributed by atoms with Crippen LogP contribution in [0, 0.1) is 6.92 Å². The largest absolute Gasteiger partial charge is 0.379 e. The van der Waals surface area contributed by atoms with Crippen molar-refractivity contribution in [2.75, 3.05) is 39.4 Å². The van der Waals surface area contributed by atoms with Crippen molar-refractivity contribution in [2.45, 2.75) is 6.92 Å². The molecule has 1 amide bonds. The summed E-state index contributed by atoms with van der Waals surface area (Å²) in [4.78, 5) is 24.0.